The highest BCUT2D eigenvalue weighted by molar-refractivity contribution is 7.14. The maximum Gasteiger partial charge on any atom is 0.413 e. The van der Waals surface area contributed by atoms with Gasteiger partial charge in [-0.3, -0.25) is 14.9 Å². The van der Waals surface area contributed by atoms with E-state index in [2.05, 4.69) is 22.3 Å². The Kier molecular flexibility index (Phi) is 7.16. The number of benzene rings is 1. The molecule has 0 fully saturated rings. The van der Waals surface area contributed by atoms with Gasteiger partial charge in [0.15, 0.2) is 0 Å². The maximum atomic E-state index is 12.4. The average Bonchev–Trinajstić information content (AvgIpc) is 3.10. The summed E-state index contributed by atoms with van der Waals surface area (Å²) in [5.41, 5.74) is 0.619. The van der Waals surface area contributed by atoms with Crippen molar-refractivity contribution in [2.24, 2.45) is 0 Å². The lowest BCUT2D eigenvalue weighted by atomic mass is 10.2. The third-order valence-corrected chi connectivity index (χ3v) is 4.25. The number of imide groups is 1. The number of thiophene rings is 1. The van der Waals surface area contributed by atoms with Gasteiger partial charge in [-0.2, -0.15) is 0 Å². The zero-order valence-electron chi connectivity index (χ0n) is 14.5. The highest BCUT2D eigenvalue weighted by Crippen LogP contribution is 2.24. The Labute approximate surface area is 155 Å². The number of rotatable bonds is 7. The van der Waals surface area contributed by atoms with Gasteiger partial charge in [-0.25, -0.2) is 4.79 Å². The average molecular weight is 376 g/mol. The summed E-state index contributed by atoms with van der Waals surface area (Å²) < 4.78 is 9.95. The molecule has 3 amide bonds. The van der Waals surface area contributed by atoms with Gasteiger partial charge < -0.3 is 14.8 Å². The monoisotopic (exact) mass is 376 g/mol. The van der Waals surface area contributed by atoms with Crippen LogP contribution in [0.1, 0.15) is 40.5 Å². The van der Waals surface area contributed by atoms with Crippen LogP contribution in [0.3, 0.4) is 0 Å². The lowest BCUT2D eigenvalue weighted by molar-refractivity contribution is 0.0938. The Morgan fingerprint density at radius 3 is 2.46 bits per heavy atom. The number of amides is 3. The third-order valence-electron chi connectivity index (χ3n) is 3.42. The standard InChI is InChI=1S/C18H20N2O5S/c1-3-4-10-25-13-7-5-12(6-8-13)15(21)19-17-14(9-11-26-17)16(22)20-18(23)24-2/h5-9,11H,3-4,10H2,1-2H3,(H,19,21)(H,20,22,23). The van der Waals surface area contributed by atoms with Crippen molar-refractivity contribution in [2.45, 2.75) is 19.8 Å². The largest absolute Gasteiger partial charge is 0.494 e. The van der Waals surface area contributed by atoms with Gasteiger partial charge in [-0.05, 0) is 42.1 Å². The van der Waals surface area contributed by atoms with Gasteiger partial charge in [0.25, 0.3) is 11.8 Å². The molecule has 0 spiro atoms. The number of anilines is 1. The Morgan fingerprint density at radius 2 is 1.81 bits per heavy atom. The molecular weight excluding hydrogens is 356 g/mol. The first-order valence-electron chi connectivity index (χ1n) is 8.06. The number of alkyl carbamates (subject to hydrolysis) is 1. The van der Waals surface area contributed by atoms with Crippen LogP contribution in [-0.2, 0) is 4.74 Å². The van der Waals surface area contributed by atoms with Gasteiger partial charge in [-0.1, -0.05) is 13.3 Å². The Balaban J connectivity index is 2.01. The fourth-order valence-corrected chi connectivity index (χ4v) is 2.79. The van der Waals surface area contributed by atoms with Crippen molar-refractivity contribution in [3.63, 3.8) is 0 Å². The molecule has 0 aliphatic carbocycles. The topological polar surface area (TPSA) is 93.7 Å². The molecule has 0 radical (unpaired) electrons. The van der Waals surface area contributed by atoms with Crippen molar-refractivity contribution >= 4 is 34.2 Å². The first-order valence-corrected chi connectivity index (χ1v) is 8.94. The van der Waals surface area contributed by atoms with E-state index >= 15 is 0 Å². The smallest absolute Gasteiger partial charge is 0.413 e. The lowest BCUT2D eigenvalue weighted by Crippen LogP contribution is -2.30. The number of ether oxygens (including phenoxy) is 2. The quantitative estimate of drug-likeness (QED) is 0.719. The molecule has 2 N–H and O–H groups in total. The number of carbonyl (C=O) groups excluding carboxylic acids is 3. The Morgan fingerprint density at radius 1 is 1.08 bits per heavy atom. The zero-order valence-corrected chi connectivity index (χ0v) is 15.4. The molecule has 0 bridgehead atoms. The number of nitrogens with one attached hydrogen (secondary N) is 2. The molecule has 0 atom stereocenters. The minimum Gasteiger partial charge on any atom is -0.494 e. The fourth-order valence-electron chi connectivity index (χ4n) is 2.01. The van der Waals surface area contributed by atoms with Crippen molar-refractivity contribution in [2.75, 3.05) is 19.0 Å². The lowest BCUT2D eigenvalue weighted by Gasteiger charge is -2.08. The van der Waals surface area contributed by atoms with Gasteiger partial charge in [0, 0.05) is 5.56 Å². The molecule has 8 heteroatoms. The number of carbonyl (C=O) groups is 3. The number of methoxy groups -OCH3 is 1. The second-order valence-electron chi connectivity index (χ2n) is 5.29. The molecule has 26 heavy (non-hydrogen) atoms. The Hall–Kier alpha value is -2.87. The molecule has 0 aliphatic heterocycles. The van der Waals surface area contributed by atoms with Gasteiger partial charge >= 0.3 is 6.09 Å². The molecule has 1 aromatic heterocycles. The molecule has 0 aliphatic rings. The van der Waals surface area contributed by atoms with Crippen molar-refractivity contribution in [3.8, 4) is 5.75 Å². The van der Waals surface area contributed by atoms with Crippen LogP contribution in [0.4, 0.5) is 9.80 Å². The highest BCUT2D eigenvalue weighted by atomic mass is 32.1. The molecule has 2 rings (SSSR count). The zero-order chi connectivity index (χ0) is 18.9. The highest BCUT2D eigenvalue weighted by Gasteiger charge is 2.18. The van der Waals surface area contributed by atoms with E-state index in [1.54, 1.807) is 29.6 Å². The van der Waals surface area contributed by atoms with Gasteiger partial charge in [0.2, 0.25) is 0 Å². The van der Waals surface area contributed by atoms with Gasteiger partial charge in [0.05, 0.1) is 19.3 Å². The van der Waals surface area contributed by atoms with Crippen molar-refractivity contribution < 1.29 is 23.9 Å². The van der Waals surface area contributed by atoms with E-state index in [1.807, 2.05) is 0 Å². The minimum absolute atomic E-state index is 0.188. The molecule has 2 aromatic rings. The van der Waals surface area contributed by atoms with Crippen LogP contribution in [0, 0.1) is 0 Å². The summed E-state index contributed by atoms with van der Waals surface area (Å²) in [5, 5.41) is 6.72. The van der Waals surface area contributed by atoms with E-state index < -0.39 is 12.0 Å². The SMILES string of the molecule is CCCCOc1ccc(C(=O)Nc2sccc2C(=O)NC(=O)OC)cc1. The van der Waals surface area contributed by atoms with Crippen molar-refractivity contribution in [1.82, 2.24) is 5.32 Å². The third kappa shape index (κ3) is 5.32. The summed E-state index contributed by atoms with van der Waals surface area (Å²) in [6.07, 6.45) is 1.15. The summed E-state index contributed by atoms with van der Waals surface area (Å²) in [7, 11) is 1.16. The van der Waals surface area contributed by atoms with Crippen LogP contribution in [0.2, 0.25) is 0 Å². The van der Waals surface area contributed by atoms with E-state index in [0.717, 1.165) is 20.0 Å². The summed E-state index contributed by atoms with van der Waals surface area (Å²) in [5.74, 6) is -0.308. The number of unbranched alkanes of at least 4 members (excludes halogenated alkanes) is 1. The number of hydrogen-bond acceptors (Lipinski definition) is 6. The van der Waals surface area contributed by atoms with Crippen LogP contribution in [0.15, 0.2) is 35.7 Å². The van der Waals surface area contributed by atoms with E-state index in [9.17, 15) is 14.4 Å². The summed E-state index contributed by atoms with van der Waals surface area (Å²) in [4.78, 5) is 35.5. The first kappa shape index (κ1) is 19.5. The van der Waals surface area contributed by atoms with Crippen LogP contribution in [0.5, 0.6) is 5.75 Å². The fraction of sp³-hybridized carbons (Fsp3) is 0.278. The van der Waals surface area contributed by atoms with Crippen molar-refractivity contribution in [3.05, 3.63) is 46.8 Å². The molecule has 138 valence electrons. The van der Waals surface area contributed by atoms with Crippen LogP contribution in [-0.4, -0.2) is 31.6 Å². The number of hydrogen-bond donors (Lipinski definition) is 2. The van der Waals surface area contributed by atoms with Crippen molar-refractivity contribution in [1.29, 1.82) is 0 Å². The van der Waals surface area contributed by atoms with E-state index in [-0.39, 0.29) is 11.5 Å². The van der Waals surface area contributed by atoms with Crippen LogP contribution >= 0.6 is 11.3 Å². The Bertz CT molecular complexity index is 770. The molecule has 1 aromatic carbocycles. The molecule has 7 nitrogen and oxygen atoms in total. The van der Waals surface area contributed by atoms with E-state index in [1.165, 1.54) is 17.4 Å². The minimum atomic E-state index is -0.864. The van der Waals surface area contributed by atoms with Crippen LogP contribution in [0.25, 0.3) is 0 Å². The molecule has 0 unspecified atom stereocenters. The normalized spacial score (nSPS) is 10.1. The second kappa shape index (κ2) is 9.57. The molecular formula is C18H20N2O5S. The van der Waals surface area contributed by atoms with Crippen LogP contribution < -0.4 is 15.4 Å². The van der Waals surface area contributed by atoms with Gasteiger partial charge in [0.1, 0.15) is 10.8 Å². The van der Waals surface area contributed by atoms with Gasteiger partial charge in [-0.15, -0.1) is 11.3 Å². The molecule has 1 heterocycles. The van der Waals surface area contributed by atoms with E-state index in [0.29, 0.717) is 22.9 Å². The predicted octanol–water partition coefficient (Wildman–Crippen LogP) is 3.68. The summed E-state index contributed by atoms with van der Waals surface area (Å²) >= 11 is 1.18. The molecule has 0 saturated heterocycles. The predicted molar refractivity (Wildman–Crippen MR) is 99.0 cm³/mol. The second-order valence-corrected chi connectivity index (χ2v) is 6.21. The summed E-state index contributed by atoms with van der Waals surface area (Å²) in [6.45, 7) is 2.72. The first-order chi connectivity index (χ1) is 12.5. The maximum absolute atomic E-state index is 12.4. The van der Waals surface area contributed by atoms with E-state index in [4.69, 9.17) is 4.74 Å². The summed E-state index contributed by atoms with van der Waals surface area (Å²) in [6, 6.07) is 8.27. The molecule has 0 saturated carbocycles.